The predicted octanol–water partition coefficient (Wildman–Crippen LogP) is 1.02. The Morgan fingerprint density at radius 2 is 2.13 bits per heavy atom. The molecule has 0 bridgehead atoms. The van der Waals surface area contributed by atoms with Crippen LogP contribution >= 0.6 is 0 Å². The molecule has 1 N–H and O–H groups in total. The minimum absolute atomic E-state index is 0.303. The quantitative estimate of drug-likeness (QED) is 0.733. The highest BCUT2D eigenvalue weighted by molar-refractivity contribution is 5.89. The Hall–Kier alpha value is -1.84. The lowest BCUT2D eigenvalue weighted by atomic mass is 10.0. The molecular weight excluding hydrogens is 194 g/mol. The summed E-state index contributed by atoms with van der Waals surface area (Å²) >= 11 is 0. The Balaban J connectivity index is 2.76. The van der Waals surface area contributed by atoms with Crippen molar-refractivity contribution in [3.05, 3.63) is 35.4 Å². The molecule has 0 heterocycles. The van der Waals surface area contributed by atoms with Gasteiger partial charge in [0.1, 0.15) is 0 Å². The maximum atomic E-state index is 10.9. The number of benzene rings is 1. The van der Waals surface area contributed by atoms with Gasteiger partial charge in [-0.05, 0) is 18.1 Å². The van der Waals surface area contributed by atoms with Crippen LogP contribution in [0.3, 0.4) is 0 Å². The summed E-state index contributed by atoms with van der Waals surface area (Å²) in [4.78, 5) is 22.7. The van der Waals surface area contributed by atoms with Gasteiger partial charge in [-0.2, -0.15) is 0 Å². The molecule has 1 amide bonds. The number of carboxylic acid groups (broad SMARTS) is 1. The van der Waals surface area contributed by atoms with E-state index in [0.717, 1.165) is 12.0 Å². The van der Waals surface area contributed by atoms with Crippen molar-refractivity contribution in [1.29, 1.82) is 0 Å². The molecule has 0 unspecified atom stereocenters. The molecule has 0 saturated heterocycles. The van der Waals surface area contributed by atoms with Gasteiger partial charge in [0.2, 0.25) is 6.41 Å². The Kier molecular flexibility index (Phi) is 3.85. The lowest BCUT2D eigenvalue weighted by Gasteiger charge is -2.11. The van der Waals surface area contributed by atoms with Crippen LogP contribution in [0, 0.1) is 0 Å². The first-order valence-electron chi connectivity index (χ1n) is 4.62. The fraction of sp³-hybridized carbons (Fsp3) is 0.273. The first-order chi connectivity index (χ1) is 7.15. The van der Waals surface area contributed by atoms with Crippen molar-refractivity contribution in [3.8, 4) is 0 Å². The first-order valence-corrected chi connectivity index (χ1v) is 4.62. The van der Waals surface area contributed by atoms with E-state index in [-0.39, 0.29) is 0 Å². The van der Waals surface area contributed by atoms with Gasteiger partial charge < -0.3 is 10.0 Å². The zero-order valence-electron chi connectivity index (χ0n) is 8.51. The molecule has 4 nitrogen and oxygen atoms in total. The fourth-order valence-electron chi connectivity index (χ4n) is 1.30. The Labute approximate surface area is 88.1 Å². The molecule has 1 aromatic rings. The second kappa shape index (κ2) is 5.14. The average Bonchev–Trinajstić information content (AvgIpc) is 2.26. The van der Waals surface area contributed by atoms with Crippen LogP contribution in [0.2, 0.25) is 0 Å². The van der Waals surface area contributed by atoms with Crippen molar-refractivity contribution in [2.75, 3.05) is 13.6 Å². The number of aromatic carboxylic acids is 1. The van der Waals surface area contributed by atoms with Gasteiger partial charge in [0.15, 0.2) is 0 Å². The van der Waals surface area contributed by atoms with Gasteiger partial charge in [-0.15, -0.1) is 0 Å². The van der Waals surface area contributed by atoms with Crippen LogP contribution in [0.5, 0.6) is 0 Å². The molecule has 80 valence electrons. The van der Waals surface area contributed by atoms with Gasteiger partial charge in [-0.1, -0.05) is 18.2 Å². The zero-order valence-corrected chi connectivity index (χ0v) is 8.51. The number of carbonyl (C=O) groups is 2. The van der Waals surface area contributed by atoms with Crippen molar-refractivity contribution in [1.82, 2.24) is 4.90 Å². The first kappa shape index (κ1) is 11.2. The molecule has 0 atom stereocenters. The molecule has 4 heteroatoms. The highest BCUT2D eigenvalue weighted by Crippen LogP contribution is 2.09. The van der Waals surface area contributed by atoms with Crippen LogP contribution in [0.4, 0.5) is 0 Å². The summed E-state index contributed by atoms with van der Waals surface area (Å²) < 4.78 is 0. The monoisotopic (exact) mass is 207 g/mol. The fourth-order valence-corrected chi connectivity index (χ4v) is 1.30. The lowest BCUT2D eigenvalue weighted by Crippen LogP contribution is -2.19. The van der Waals surface area contributed by atoms with Crippen LogP contribution in [0.15, 0.2) is 24.3 Å². The highest BCUT2D eigenvalue weighted by atomic mass is 16.4. The third-order valence-corrected chi connectivity index (χ3v) is 2.16. The van der Waals surface area contributed by atoms with Crippen molar-refractivity contribution < 1.29 is 14.7 Å². The third kappa shape index (κ3) is 3.09. The van der Waals surface area contributed by atoms with Gasteiger partial charge in [0, 0.05) is 13.6 Å². The molecule has 0 saturated carbocycles. The van der Waals surface area contributed by atoms with E-state index in [9.17, 15) is 9.59 Å². The van der Waals surface area contributed by atoms with Gasteiger partial charge in [-0.3, -0.25) is 4.79 Å². The van der Waals surface area contributed by atoms with Crippen molar-refractivity contribution in [2.45, 2.75) is 6.42 Å². The van der Waals surface area contributed by atoms with Gasteiger partial charge in [-0.25, -0.2) is 4.79 Å². The zero-order chi connectivity index (χ0) is 11.3. The number of rotatable bonds is 5. The number of amides is 1. The van der Waals surface area contributed by atoms with E-state index in [4.69, 9.17) is 5.11 Å². The lowest BCUT2D eigenvalue weighted by molar-refractivity contribution is -0.116. The Morgan fingerprint density at radius 3 is 2.73 bits per heavy atom. The SMILES string of the molecule is CN(C=O)CCc1ccccc1C(=O)O. The molecule has 0 spiro atoms. The topological polar surface area (TPSA) is 57.6 Å². The predicted molar refractivity (Wildman–Crippen MR) is 55.8 cm³/mol. The molecule has 0 aliphatic carbocycles. The molecule has 15 heavy (non-hydrogen) atoms. The van der Waals surface area contributed by atoms with E-state index in [1.807, 2.05) is 0 Å². The van der Waals surface area contributed by atoms with Crippen molar-refractivity contribution in [2.24, 2.45) is 0 Å². The van der Waals surface area contributed by atoms with Crippen LogP contribution in [0.25, 0.3) is 0 Å². The van der Waals surface area contributed by atoms with E-state index < -0.39 is 5.97 Å². The minimum Gasteiger partial charge on any atom is -0.478 e. The summed E-state index contributed by atoms with van der Waals surface area (Å²) in [5.74, 6) is -0.931. The minimum atomic E-state index is -0.931. The molecule has 0 aromatic heterocycles. The summed E-state index contributed by atoms with van der Waals surface area (Å²) in [5, 5.41) is 8.90. The number of hydrogen-bond donors (Lipinski definition) is 1. The molecule has 1 rings (SSSR count). The normalized spacial score (nSPS) is 9.67. The van der Waals surface area contributed by atoms with E-state index in [1.165, 1.54) is 4.90 Å². The summed E-state index contributed by atoms with van der Waals surface area (Å²) in [6, 6.07) is 6.82. The summed E-state index contributed by atoms with van der Waals surface area (Å²) in [7, 11) is 1.66. The smallest absolute Gasteiger partial charge is 0.335 e. The third-order valence-electron chi connectivity index (χ3n) is 2.16. The Morgan fingerprint density at radius 1 is 1.47 bits per heavy atom. The summed E-state index contributed by atoms with van der Waals surface area (Å²) in [5.41, 5.74) is 1.05. The second-order valence-corrected chi connectivity index (χ2v) is 3.30. The highest BCUT2D eigenvalue weighted by Gasteiger charge is 2.08. The van der Waals surface area contributed by atoms with Crippen LogP contribution in [0.1, 0.15) is 15.9 Å². The molecule has 0 aliphatic heterocycles. The van der Waals surface area contributed by atoms with Crippen LogP contribution in [-0.4, -0.2) is 36.0 Å². The summed E-state index contributed by atoms with van der Waals surface area (Å²) in [6.45, 7) is 0.522. The van der Waals surface area contributed by atoms with Gasteiger partial charge in [0.05, 0.1) is 5.56 Å². The molecule has 1 aromatic carbocycles. The number of nitrogens with zero attached hydrogens (tertiary/aromatic N) is 1. The summed E-state index contributed by atoms with van der Waals surface area (Å²) in [6.07, 6.45) is 1.28. The van der Waals surface area contributed by atoms with E-state index in [1.54, 1.807) is 31.3 Å². The van der Waals surface area contributed by atoms with E-state index in [2.05, 4.69) is 0 Å². The van der Waals surface area contributed by atoms with E-state index >= 15 is 0 Å². The van der Waals surface area contributed by atoms with Crippen molar-refractivity contribution in [3.63, 3.8) is 0 Å². The number of carbonyl (C=O) groups excluding carboxylic acids is 1. The number of likely N-dealkylation sites (N-methyl/N-ethyl adjacent to an activating group) is 1. The second-order valence-electron chi connectivity index (χ2n) is 3.30. The van der Waals surface area contributed by atoms with Crippen LogP contribution < -0.4 is 0 Å². The number of hydrogen-bond acceptors (Lipinski definition) is 2. The Bertz CT molecular complexity index is 363. The molecule has 0 fully saturated rings. The van der Waals surface area contributed by atoms with Gasteiger partial charge >= 0.3 is 5.97 Å². The van der Waals surface area contributed by atoms with Gasteiger partial charge in [0.25, 0.3) is 0 Å². The van der Waals surface area contributed by atoms with Crippen molar-refractivity contribution >= 4 is 12.4 Å². The van der Waals surface area contributed by atoms with Crippen LogP contribution in [-0.2, 0) is 11.2 Å². The largest absolute Gasteiger partial charge is 0.478 e. The molecular formula is C11H13NO3. The van der Waals surface area contributed by atoms with E-state index in [0.29, 0.717) is 18.5 Å². The molecule has 0 aliphatic rings. The standard InChI is InChI=1S/C11H13NO3/c1-12(8-13)7-6-9-4-2-3-5-10(9)11(14)15/h2-5,8H,6-7H2,1H3,(H,14,15). The molecule has 0 radical (unpaired) electrons. The maximum absolute atomic E-state index is 10.9. The average molecular weight is 207 g/mol. The maximum Gasteiger partial charge on any atom is 0.335 e. The number of carboxylic acids is 1.